The van der Waals surface area contributed by atoms with Crippen LogP contribution in [0, 0.1) is 0 Å². The minimum absolute atomic E-state index is 0.00441. The van der Waals surface area contributed by atoms with Gasteiger partial charge in [0.25, 0.3) is 0 Å². The molecule has 1 rings (SSSR count). The summed E-state index contributed by atoms with van der Waals surface area (Å²) in [6.07, 6.45) is 3.64. The number of H-pyrrole nitrogens is 1. The summed E-state index contributed by atoms with van der Waals surface area (Å²) in [5.41, 5.74) is 0.730. The smallest absolute Gasteiger partial charge is 0.135 e. The average molecular weight is 184 g/mol. The number of hydrogen-bond donors (Lipinski definition) is 2. The first-order valence-electron chi connectivity index (χ1n) is 4.49. The van der Waals surface area contributed by atoms with Crippen molar-refractivity contribution in [1.82, 2.24) is 9.97 Å². The highest BCUT2D eigenvalue weighted by molar-refractivity contribution is 5.02. The van der Waals surface area contributed by atoms with Crippen LogP contribution in [0.15, 0.2) is 6.20 Å². The van der Waals surface area contributed by atoms with E-state index < -0.39 is 0 Å². The normalized spacial score (nSPS) is 13.2. The van der Waals surface area contributed by atoms with Crippen LogP contribution in [-0.2, 0) is 11.3 Å². The third kappa shape index (κ3) is 2.54. The Morgan fingerprint density at radius 2 is 2.46 bits per heavy atom. The van der Waals surface area contributed by atoms with Crippen LogP contribution < -0.4 is 0 Å². The van der Waals surface area contributed by atoms with E-state index in [9.17, 15) is 0 Å². The predicted octanol–water partition coefficient (Wildman–Crippen LogP) is 1.39. The van der Waals surface area contributed by atoms with Gasteiger partial charge in [-0.05, 0) is 6.42 Å². The molecule has 0 saturated carbocycles. The van der Waals surface area contributed by atoms with Gasteiger partial charge in [0.05, 0.1) is 18.5 Å². The van der Waals surface area contributed by atoms with Crippen molar-refractivity contribution in [2.75, 3.05) is 7.11 Å². The van der Waals surface area contributed by atoms with Crippen LogP contribution in [0.3, 0.4) is 0 Å². The first-order valence-corrected chi connectivity index (χ1v) is 4.49. The highest BCUT2D eigenvalue weighted by Crippen LogP contribution is 2.18. The van der Waals surface area contributed by atoms with E-state index in [1.54, 1.807) is 13.3 Å². The molecule has 0 radical (unpaired) electrons. The van der Waals surface area contributed by atoms with Gasteiger partial charge in [-0.3, -0.25) is 0 Å². The zero-order chi connectivity index (χ0) is 9.68. The number of imidazole rings is 1. The van der Waals surface area contributed by atoms with Crippen molar-refractivity contribution in [2.24, 2.45) is 0 Å². The summed E-state index contributed by atoms with van der Waals surface area (Å²) >= 11 is 0. The van der Waals surface area contributed by atoms with E-state index >= 15 is 0 Å². The number of rotatable bonds is 5. The second-order valence-corrected chi connectivity index (χ2v) is 2.96. The van der Waals surface area contributed by atoms with E-state index in [1.165, 1.54) is 0 Å². The molecule has 1 aromatic heterocycles. The minimum Gasteiger partial charge on any atom is -0.390 e. The lowest BCUT2D eigenvalue weighted by molar-refractivity contribution is 0.0881. The highest BCUT2D eigenvalue weighted by Gasteiger charge is 2.12. The topological polar surface area (TPSA) is 58.1 Å². The Labute approximate surface area is 78.0 Å². The van der Waals surface area contributed by atoms with Gasteiger partial charge in [0.2, 0.25) is 0 Å². The predicted molar refractivity (Wildman–Crippen MR) is 49.2 cm³/mol. The highest BCUT2D eigenvalue weighted by atomic mass is 16.5. The number of nitrogens with one attached hydrogen (secondary N) is 1. The lowest BCUT2D eigenvalue weighted by atomic mass is 10.2. The van der Waals surface area contributed by atoms with Gasteiger partial charge in [-0.15, -0.1) is 0 Å². The Kier molecular flexibility index (Phi) is 3.92. The van der Waals surface area contributed by atoms with Crippen LogP contribution in [0.2, 0.25) is 0 Å². The van der Waals surface area contributed by atoms with Crippen molar-refractivity contribution in [3.63, 3.8) is 0 Å². The Hall–Kier alpha value is -0.870. The number of aromatic nitrogens is 2. The number of aliphatic hydroxyl groups is 1. The standard InChI is InChI=1S/C9H16N2O2/c1-3-4-8(13-2)9-10-5-7(6-12)11-9/h5,8,12H,3-4,6H2,1-2H3,(H,10,11). The summed E-state index contributed by atoms with van der Waals surface area (Å²) in [5, 5.41) is 8.82. The summed E-state index contributed by atoms with van der Waals surface area (Å²) in [4.78, 5) is 7.15. The molecule has 0 aliphatic carbocycles. The number of aromatic amines is 1. The second kappa shape index (κ2) is 4.99. The van der Waals surface area contributed by atoms with Crippen LogP contribution in [0.5, 0.6) is 0 Å². The molecule has 13 heavy (non-hydrogen) atoms. The van der Waals surface area contributed by atoms with Crippen molar-refractivity contribution in [1.29, 1.82) is 0 Å². The number of methoxy groups -OCH3 is 1. The van der Waals surface area contributed by atoms with Gasteiger partial charge in [0.15, 0.2) is 0 Å². The maximum atomic E-state index is 8.82. The molecule has 1 heterocycles. The molecule has 0 spiro atoms. The van der Waals surface area contributed by atoms with Crippen LogP contribution >= 0.6 is 0 Å². The van der Waals surface area contributed by atoms with Crippen LogP contribution in [0.4, 0.5) is 0 Å². The van der Waals surface area contributed by atoms with E-state index in [-0.39, 0.29) is 12.7 Å². The van der Waals surface area contributed by atoms with Crippen LogP contribution in [0.25, 0.3) is 0 Å². The van der Waals surface area contributed by atoms with E-state index in [4.69, 9.17) is 9.84 Å². The fourth-order valence-electron chi connectivity index (χ4n) is 1.25. The van der Waals surface area contributed by atoms with Gasteiger partial charge >= 0.3 is 0 Å². The summed E-state index contributed by atoms with van der Waals surface area (Å²) in [6.45, 7) is 2.09. The van der Waals surface area contributed by atoms with Crippen molar-refractivity contribution in [2.45, 2.75) is 32.5 Å². The summed E-state index contributed by atoms with van der Waals surface area (Å²) in [6, 6.07) is 0. The molecule has 0 aromatic carbocycles. The molecule has 0 saturated heterocycles. The number of nitrogens with zero attached hydrogens (tertiary/aromatic N) is 1. The molecule has 2 N–H and O–H groups in total. The van der Waals surface area contributed by atoms with Gasteiger partial charge in [-0.1, -0.05) is 13.3 Å². The van der Waals surface area contributed by atoms with Crippen LogP contribution in [0.1, 0.15) is 37.4 Å². The third-order valence-corrected chi connectivity index (χ3v) is 1.96. The lowest BCUT2D eigenvalue weighted by Crippen LogP contribution is -2.03. The van der Waals surface area contributed by atoms with Crippen LogP contribution in [-0.4, -0.2) is 22.2 Å². The largest absolute Gasteiger partial charge is 0.390 e. The summed E-state index contributed by atoms with van der Waals surface area (Å²) in [7, 11) is 1.67. The number of aliphatic hydroxyl groups excluding tert-OH is 1. The maximum absolute atomic E-state index is 8.82. The number of ether oxygens (including phenoxy) is 1. The molecule has 0 aliphatic heterocycles. The molecule has 1 aromatic rings. The quantitative estimate of drug-likeness (QED) is 0.727. The second-order valence-electron chi connectivity index (χ2n) is 2.96. The Balaban J connectivity index is 2.67. The molecule has 4 nitrogen and oxygen atoms in total. The average Bonchev–Trinajstić information content (AvgIpc) is 2.62. The van der Waals surface area contributed by atoms with Crippen molar-refractivity contribution < 1.29 is 9.84 Å². The van der Waals surface area contributed by atoms with Gasteiger partial charge in [0.1, 0.15) is 11.9 Å². The zero-order valence-electron chi connectivity index (χ0n) is 8.08. The molecule has 0 amide bonds. The first-order chi connectivity index (χ1) is 6.31. The minimum atomic E-state index is -0.00441. The molecular formula is C9H16N2O2. The Morgan fingerprint density at radius 3 is 2.92 bits per heavy atom. The fourth-order valence-corrected chi connectivity index (χ4v) is 1.25. The molecule has 0 bridgehead atoms. The Morgan fingerprint density at radius 1 is 1.69 bits per heavy atom. The summed E-state index contributed by atoms with van der Waals surface area (Å²) < 4.78 is 5.26. The van der Waals surface area contributed by atoms with Gasteiger partial charge in [0, 0.05) is 7.11 Å². The SMILES string of the molecule is CCCC(OC)c1ncc(CO)[nH]1. The van der Waals surface area contributed by atoms with E-state index in [1.807, 2.05) is 0 Å². The monoisotopic (exact) mass is 184 g/mol. The first kappa shape index (κ1) is 10.2. The fraction of sp³-hybridized carbons (Fsp3) is 0.667. The Bertz CT molecular complexity index is 248. The van der Waals surface area contributed by atoms with Crippen molar-refractivity contribution in [3.8, 4) is 0 Å². The summed E-state index contributed by atoms with van der Waals surface area (Å²) in [5.74, 6) is 0.799. The number of hydrogen-bond acceptors (Lipinski definition) is 3. The molecular weight excluding hydrogens is 168 g/mol. The molecule has 0 aliphatic rings. The third-order valence-electron chi connectivity index (χ3n) is 1.96. The van der Waals surface area contributed by atoms with Crippen molar-refractivity contribution >= 4 is 0 Å². The van der Waals surface area contributed by atoms with Gasteiger partial charge in [-0.2, -0.15) is 0 Å². The van der Waals surface area contributed by atoms with Gasteiger partial charge < -0.3 is 14.8 Å². The van der Waals surface area contributed by atoms with Gasteiger partial charge in [-0.25, -0.2) is 4.98 Å². The molecule has 74 valence electrons. The molecule has 4 heteroatoms. The van der Waals surface area contributed by atoms with E-state index in [0.717, 1.165) is 24.4 Å². The molecule has 1 unspecified atom stereocenters. The lowest BCUT2D eigenvalue weighted by Gasteiger charge is -2.10. The van der Waals surface area contributed by atoms with Crippen molar-refractivity contribution in [3.05, 3.63) is 17.7 Å². The molecule has 1 atom stereocenters. The maximum Gasteiger partial charge on any atom is 0.135 e. The molecule has 0 fully saturated rings. The van der Waals surface area contributed by atoms with E-state index in [0.29, 0.717) is 0 Å². The van der Waals surface area contributed by atoms with E-state index in [2.05, 4.69) is 16.9 Å². The zero-order valence-corrected chi connectivity index (χ0v) is 8.08.